The molecule has 0 heterocycles. The monoisotopic (exact) mass is 283 g/mol. The molecule has 1 aromatic rings. The van der Waals surface area contributed by atoms with Gasteiger partial charge in [-0.1, -0.05) is 19.1 Å². The Labute approximate surface area is 114 Å². The molecular formula is C14H21NO3S. The molecule has 1 saturated carbocycles. The van der Waals surface area contributed by atoms with Crippen molar-refractivity contribution in [3.63, 3.8) is 0 Å². The van der Waals surface area contributed by atoms with Gasteiger partial charge in [0.1, 0.15) is 0 Å². The van der Waals surface area contributed by atoms with Crippen LogP contribution in [0.3, 0.4) is 0 Å². The number of aliphatic hydroxyl groups is 1. The lowest BCUT2D eigenvalue weighted by atomic mass is 9.88. The van der Waals surface area contributed by atoms with E-state index in [0.717, 1.165) is 25.7 Å². The SMILES string of the molecule is CC1CCC(NS(=O)(=O)c2ccc(CO)cc2)CC1. The van der Waals surface area contributed by atoms with Gasteiger partial charge in [0.2, 0.25) is 10.0 Å². The van der Waals surface area contributed by atoms with Gasteiger partial charge >= 0.3 is 0 Å². The minimum absolute atomic E-state index is 0.0544. The number of sulfonamides is 1. The quantitative estimate of drug-likeness (QED) is 0.888. The summed E-state index contributed by atoms with van der Waals surface area (Å²) in [7, 11) is -3.43. The first-order valence-corrected chi connectivity index (χ1v) is 8.21. The fourth-order valence-corrected chi connectivity index (χ4v) is 3.74. The second kappa shape index (κ2) is 6.03. The van der Waals surface area contributed by atoms with Gasteiger partial charge in [0.25, 0.3) is 0 Å². The molecule has 0 unspecified atom stereocenters. The lowest BCUT2D eigenvalue weighted by Crippen LogP contribution is -2.37. The Morgan fingerprint density at radius 2 is 1.74 bits per heavy atom. The molecule has 5 heteroatoms. The fraction of sp³-hybridized carbons (Fsp3) is 0.571. The third-order valence-corrected chi connectivity index (χ3v) is 5.29. The van der Waals surface area contributed by atoms with Gasteiger partial charge in [-0.2, -0.15) is 0 Å². The van der Waals surface area contributed by atoms with E-state index in [-0.39, 0.29) is 17.5 Å². The first-order chi connectivity index (χ1) is 9.01. The maximum absolute atomic E-state index is 12.2. The minimum atomic E-state index is -3.43. The van der Waals surface area contributed by atoms with Gasteiger partial charge in [-0.15, -0.1) is 0 Å². The Morgan fingerprint density at radius 3 is 2.26 bits per heavy atom. The first-order valence-electron chi connectivity index (χ1n) is 6.73. The summed E-state index contributed by atoms with van der Waals surface area (Å²) in [4.78, 5) is 0.267. The Hall–Kier alpha value is -0.910. The van der Waals surface area contributed by atoms with E-state index < -0.39 is 10.0 Å². The summed E-state index contributed by atoms with van der Waals surface area (Å²) in [5, 5.41) is 8.95. The molecule has 0 aromatic heterocycles. The number of rotatable bonds is 4. The Morgan fingerprint density at radius 1 is 1.16 bits per heavy atom. The highest BCUT2D eigenvalue weighted by Crippen LogP contribution is 2.24. The van der Waals surface area contributed by atoms with Crippen LogP contribution in [0.15, 0.2) is 29.2 Å². The van der Waals surface area contributed by atoms with Gasteiger partial charge in [0.15, 0.2) is 0 Å². The molecule has 2 rings (SSSR count). The maximum Gasteiger partial charge on any atom is 0.240 e. The molecule has 0 radical (unpaired) electrons. The zero-order valence-electron chi connectivity index (χ0n) is 11.2. The van der Waals surface area contributed by atoms with Crippen LogP contribution in [-0.2, 0) is 16.6 Å². The highest BCUT2D eigenvalue weighted by molar-refractivity contribution is 7.89. The van der Waals surface area contributed by atoms with E-state index in [1.54, 1.807) is 24.3 Å². The van der Waals surface area contributed by atoms with Crippen molar-refractivity contribution in [1.29, 1.82) is 0 Å². The molecule has 4 nitrogen and oxygen atoms in total. The zero-order valence-corrected chi connectivity index (χ0v) is 12.0. The van der Waals surface area contributed by atoms with Crippen LogP contribution in [0.5, 0.6) is 0 Å². The average molecular weight is 283 g/mol. The van der Waals surface area contributed by atoms with Crippen LogP contribution < -0.4 is 4.72 Å². The normalized spacial score (nSPS) is 24.3. The Balaban J connectivity index is 2.05. The van der Waals surface area contributed by atoms with Gasteiger partial charge in [-0.3, -0.25) is 0 Å². The minimum Gasteiger partial charge on any atom is -0.392 e. The molecule has 1 aliphatic carbocycles. The predicted molar refractivity (Wildman–Crippen MR) is 74.1 cm³/mol. The number of aliphatic hydroxyl groups excluding tert-OH is 1. The molecule has 19 heavy (non-hydrogen) atoms. The molecule has 0 atom stereocenters. The molecule has 0 aliphatic heterocycles. The van der Waals surface area contributed by atoms with Crippen LogP contribution in [0.4, 0.5) is 0 Å². The Bertz CT molecular complexity index is 502. The van der Waals surface area contributed by atoms with Crippen LogP contribution in [0.1, 0.15) is 38.2 Å². The number of benzene rings is 1. The standard InChI is InChI=1S/C14H21NO3S/c1-11-2-6-13(7-3-11)15-19(17,18)14-8-4-12(10-16)5-9-14/h4-5,8-9,11,13,15-16H,2-3,6-7,10H2,1H3. The maximum atomic E-state index is 12.2. The highest BCUT2D eigenvalue weighted by Gasteiger charge is 2.23. The summed E-state index contributed by atoms with van der Waals surface area (Å²) < 4.78 is 27.2. The second-order valence-electron chi connectivity index (χ2n) is 5.38. The van der Waals surface area contributed by atoms with Gasteiger partial charge in [-0.25, -0.2) is 13.1 Å². The third-order valence-electron chi connectivity index (χ3n) is 3.75. The second-order valence-corrected chi connectivity index (χ2v) is 7.09. The molecule has 1 aromatic carbocycles. The summed E-state index contributed by atoms with van der Waals surface area (Å²) >= 11 is 0. The molecule has 0 bridgehead atoms. The average Bonchev–Trinajstić information content (AvgIpc) is 2.41. The van der Waals surface area contributed by atoms with Crippen molar-refractivity contribution in [3.05, 3.63) is 29.8 Å². The van der Waals surface area contributed by atoms with Crippen molar-refractivity contribution in [2.75, 3.05) is 0 Å². The third kappa shape index (κ3) is 3.78. The van der Waals surface area contributed by atoms with E-state index in [9.17, 15) is 8.42 Å². The topological polar surface area (TPSA) is 66.4 Å². The number of hydrogen-bond donors (Lipinski definition) is 2. The van der Waals surface area contributed by atoms with E-state index >= 15 is 0 Å². The van der Waals surface area contributed by atoms with E-state index in [4.69, 9.17) is 5.11 Å². The van der Waals surface area contributed by atoms with Crippen molar-refractivity contribution in [2.45, 2.75) is 50.2 Å². The molecule has 1 aliphatic rings. The van der Waals surface area contributed by atoms with E-state index in [1.807, 2.05) is 0 Å². The van der Waals surface area contributed by atoms with Crippen molar-refractivity contribution in [2.24, 2.45) is 5.92 Å². The number of hydrogen-bond acceptors (Lipinski definition) is 3. The summed E-state index contributed by atoms with van der Waals surface area (Å²) in [6.07, 6.45) is 3.98. The smallest absolute Gasteiger partial charge is 0.240 e. The first kappa shape index (κ1) is 14.5. The summed E-state index contributed by atoms with van der Waals surface area (Å²) in [6, 6.07) is 6.41. The van der Waals surface area contributed by atoms with Crippen molar-refractivity contribution >= 4 is 10.0 Å². The van der Waals surface area contributed by atoms with E-state index in [2.05, 4.69) is 11.6 Å². The van der Waals surface area contributed by atoms with Crippen LogP contribution in [0.2, 0.25) is 0 Å². The van der Waals surface area contributed by atoms with Gasteiger partial charge in [-0.05, 0) is 49.3 Å². The summed E-state index contributed by atoms with van der Waals surface area (Å²) in [5.41, 5.74) is 0.713. The Kier molecular flexibility index (Phi) is 4.60. The van der Waals surface area contributed by atoms with E-state index in [0.29, 0.717) is 11.5 Å². The molecule has 0 amide bonds. The summed E-state index contributed by atoms with van der Waals surface area (Å²) in [6.45, 7) is 2.13. The van der Waals surface area contributed by atoms with Crippen LogP contribution in [-0.4, -0.2) is 19.6 Å². The molecule has 106 valence electrons. The van der Waals surface area contributed by atoms with Gasteiger partial charge in [0, 0.05) is 6.04 Å². The lowest BCUT2D eigenvalue weighted by molar-refractivity contribution is 0.281. The van der Waals surface area contributed by atoms with Crippen molar-refractivity contribution in [1.82, 2.24) is 4.72 Å². The molecular weight excluding hydrogens is 262 g/mol. The summed E-state index contributed by atoms with van der Waals surface area (Å²) in [5.74, 6) is 0.699. The van der Waals surface area contributed by atoms with Gasteiger partial charge in [0.05, 0.1) is 11.5 Å². The fourth-order valence-electron chi connectivity index (χ4n) is 2.44. The highest BCUT2D eigenvalue weighted by atomic mass is 32.2. The van der Waals surface area contributed by atoms with Crippen LogP contribution in [0.25, 0.3) is 0 Å². The molecule has 1 fully saturated rings. The predicted octanol–water partition coefficient (Wildman–Crippen LogP) is 2.04. The van der Waals surface area contributed by atoms with Crippen molar-refractivity contribution < 1.29 is 13.5 Å². The van der Waals surface area contributed by atoms with Gasteiger partial charge < -0.3 is 5.11 Å². The molecule has 0 saturated heterocycles. The van der Waals surface area contributed by atoms with Crippen LogP contribution >= 0.6 is 0 Å². The van der Waals surface area contributed by atoms with Crippen molar-refractivity contribution in [3.8, 4) is 0 Å². The van der Waals surface area contributed by atoms with E-state index in [1.165, 1.54) is 0 Å². The number of nitrogens with one attached hydrogen (secondary N) is 1. The molecule has 0 spiro atoms. The largest absolute Gasteiger partial charge is 0.392 e. The molecule has 2 N–H and O–H groups in total. The lowest BCUT2D eigenvalue weighted by Gasteiger charge is -2.26. The zero-order chi connectivity index (χ0) is 13.9. The van der Waals surface area contributed by atoms with Crippen LogP contribution in [0, 0.1) is 5.92 Å².